The van der Waals surface area contributed by atoms with Crippen molar-refractivity contribution in [1.82, 2.24) is 0 Å². The van der Waals surface area contributed by atoms with Crippen LogP contribution < -0.4 is 0 Å². The van der Waals surface area contributed by atoms with Gasteiger partial charge in [0.1, 0.15) is 4.99 Å². The maximum Gasteiger partial charge on any atom is 0.349 e. The van der Waals surface area contributed by atoms with Gasteiger partial charge in [-0.2, -0.15) is 0 Å². The fraction of sp³-hybridized carbons (Fsp3) is 0.500. The predicted octanol–water partition coefficient (Wildman–Crippen LogP) is 3.14. The molecule has 7 heteroatoms. The van der Waals surface area contributed by atoms with E-state index in [9.17, 15) is 13.3 Å². The Morgan fingerprint density at radius 1 is 1.21 bits per heavy atom. The Morgan fingerprint density at radius 2 is 1.68 bits per heavy atom. The molecule has 0 aliphatic carbocycles. The standard InChI is InChI=1S/C12H19O5PS/c1-4-16-18(13,17-5-2)12(19(14)15)11-8-6-10(3)7-9-11/h6-9,12H,4-5H2,1-3H3,(H,14,15)/p-1. The van der Waals surface area contributed by atoms with Crippen LogP contribution in [0.1, 0.15) is 30.0 Å². The molecule has 0 bridgehead atoms. The second-order valence-corrected chi connectivity index (χ2v) is 7.35. The smallest absolute Gasteiger partial charge is 0.349 e. The van der Waals surface area contributed by atoms with Crippen LogP contribution in [0.3, 0.4) is 0 Å². The Kier molecular flexibility index (Phi) is 6.36. The van der Waals surface area contributed by atoms with Crippen molar-refractivity contribution in [3.05, 3.63) is 35.4 Å². The Bertz CT molecular complexity index is 464. The van der Waals surface area contributed by atoms with Crippen molar-refractivity contribution >= 4 is 18.7 Å². The number of benzene rings is 1. The average Bonchev–Trinajstić information content (AvgIpc) is 2.32. The van der Waals surface area contributed by atoms with Crippen LogP contribution in [0, 0.1) is 6.92 Å². The van der Waals surface area contributed by atoms with E-state index in [1.165, 1.54) is 0 Å². The molecule has 2 unspecified atom stereocenters. The molecule has 2 atom stereocenters. The molecule has 0 aromatic heterocycles. The highest BCUT2D eigenvalue weighted by Gasteiger charge is 2.37. The van der Waals surface area contributed by atoms with Crippen LogP contribution in [-0.2, 0) is 24.7 Å². The fourth-order valence-corrected chi connectivity index (χ4v) is 4.85. The summed E-state index contributed by atoms with van der Waals surface area (Å²) in [5.41, 5.74) is 1.39. The maximum absolute atomic E-state index is 12.6. The molecular formula is C12H18O5PS-. The third kappa shape index (κ3) is 4.23. The zero-order valence-electron chi connectivity index (χ0n) is 11.2. The lowest BCUT2D eigenvalue weighted by molar-refractivity contribution is 0.217. The minimum Gasteiger partial charge on any atom is -0.771 e. The SMILES string of the molecule is CCOP(=O)(OCC)C(c1ccc(C)cc1)S(=O)[O-]. The minimum atomic E-state index is -3.74. The van der Waals surface area contributed by atoms with Crippen molar-refractivity contribution < 1.29 is 22.4 Å². The van der Waals surface area contributed by atoms with E-state index in [1.807, 2.05) is 6.92 Å². The van der Waals surface area contributed by atoms with Crippen LogP contribution >= 0.6 is 7.60 Å². The minimum absolute atomic E-state index is 0.122. The molecule has 0 aliphatic heterocycles. The molecule has 0 radical (unpaired) electrons. The van der Waals surface area contributed by atoms with Gasteiger partial charge in [-0.15, -0.1) is 0 Å². The molecule has 0 saturated heterocycles. The summed E-state index contributed by atoms with van der Waals surface area (Å²) >= 11 is -2.60. The zero-order chi connectivity index (χ0) is 14.5. The molecular weight excluding hydrogens is 287 g/mol. The van der Waals surface area contributed by atoms with Crippen LogP contribution in [0.15, 0.2) is 24.3 Å². The van der Waals surface area contributed by atoms with Crippen LogP contribution in [0.25, 0.3) is 0 Å². The van der Waals surface area contributed by atoms with Gasteiger partial charge in [0.05, 0.1) is 13.2 Å². The molecule has 0 amide bonds. The van der Waals surface area contributed by atoms with E-state index in [0.29, 0.717) is 5.56 Å². The molecule has 0 N–H and O–H groups in total. The van der Waals surface area contributed by atoms with Gasteiger partial charge in [0.2, 0.25) is 0 Å². The Balaban J connectivity index is 3.21. The van der Waals surface area contributed by atoms with Gasteiger partial charge in [-0.05, 0) is 37.4 Å². The lowest BCUT2D eigenvalue weighted by atomic mass is 10.2. The number of rotatable bonds is 7. The van der Waals surface area contributed by atoms with Gasteiger partial charge in [-0.3, -0.25) is 8.77 Å². The monoisotopic (exact) mass is 305 g/mol. The molecule has 0 saturated carbocycles. The molecule has 0 spiro atoms. The van der Waals surface area contributed by atoms with Crippen molar-refractivity contribution in [2.75, 3.05) is 13.2 Å². The van der Waals surface area contributed by atoms with E-state index in [0.717, 1.165) is 5.56 Å². The summed E-state index contributed by atoms with van der Waals surface area (Å²) in [6.45, 7) is 5.42. The molecule has 1 aromatic rings. The first kappa shape index (κ1) is 16.5. The van der Waals surface area contributed by atoms with E-state index >= 15 is 0 Å². The summed E-state index contributed by atoms with van der Waals surface area (Å²) in [6.07, 6.45) is 0. The van der Waals surface area contributed by atoms with E-state index in [2.05, 4.69) is 0 Å². The van der Waals surface area contributed by atoms with E-state index in [4.69, 9.17) is 9.05 Å². The van der Waals surface area contributed by atoms with E-state index in [1.54, 1.807) is 38.1 Å². The first-order chi connectivity index (χ1) is 8.94. The van der Waals surface area contributed by atoms with Crippen LogP contribution in [0.5, 0.6) is 0 Å². The van der Waals surface area contributed by atoms with Crippen molar-refractivity contribution in [1.29, 1.82) is 0 Å². The molecule has 0 heterocycles. The molecule has 1 rings (SSSR count). The molecule has 108 valence electrons. The summed E-state index contributed by atoms with van der Waals surface area (Å²) in [6, 6.07) is 6.77. The van der Waals surface area contributed by atoms with Gasteiger partial charge in [0.15, 0.2) is 0 Å². The summed E-state index contributed by atoms with van der Waals surface area (Å²) < 4.78 is 45.7. The lowest BCUT2D eigenvalue weighted by Crippen LogP contribution is -2.11. The second-order valence-electron chi connectivity index (χ2n) is 3.90. The summed E-state index contributed by atoms with van der Waals surface area (Å²) in [5.74, 6) is 0. The quantitative estimate of drug-likeness (QED) is 0.571. The van der Waals surface area contributed by atoms with Gasteiger partial charge in [-0.25, -0.2) is 0 Å². The topological polar surface area (TPSA) is 75.7 Å². The molecule has 19 heavy (non-hydrogen) atoms. The number of aryl methyl sites for hydroxylation is 1. The van der Waals surface area contributed by atoms with Gasteiger partial charge >= 0.3 is 7.60 Å². The largest absolute Gasteiger partial charge is 0.771 e. The molecule has 0 aliphatic rings. The fourth-order valence-electron chi connectivity index (χ4n) is 1.66. The van der Waals surface area contributed by atoms with Crippen molar-refractivity contribution in [2.45, 2.75) is 25.8 Å². The van der Waals surface area contributed by atoms with E-state index in [-0.39, 0.29) is 13.2 Å². The van der Waals surface area contributed by atoms with Crippen LogP contribution in [0.2, 0.25) is 0 Å². The summed E-state index contributed by atoms with van der Waals surface area (Å²) in [4.78, 5) is -1.30. The first-order valence-electron chi connectivity index (χ1n) is 5.98. The third-order valence-corrected chi connectivity index (χ3v) is 6.49. The van der Waals surface area contributed by atoms with Crippen molar-refractivity contribution in [2.24, 2.45) is 0 Å². The van der Waals surface area contributed by atoms with Gasteiger partial charge in [0, 0.05) is 0 Å². The van der Waals surface area contributed by atoms with E-state index < -0.39 is 23.7 Å². The number of hydrogen-bond acceptors (Lipinski definition) is 5. The Morgan fingerprint density at radius 3 is 2.05 bits per heavy atom. The lowest BCUT2D eigenvalue weighted by Gasteiger charge is -2.28. The number of hydrogen-bond donors (Lipinski definition) is 0. The highest BCUT2D eigenvalue weighted by molar-refractivity contribution is 7.88. The zero-order valence-corrected chi connectivity index (χ0v) is 12.9. The maximum atomic E-state index is 12.6. The van der Waals surface area contributed by atoms with Gasteiger partial charge in [0.25, 0.3) is 0 Å². The second kappa shape index (κ2) is 7.31. The Hall–Kier alpha value is -0.520. The first-order valence-corrected chi connectivity index (χ1v) is 8.73. The molecule has 0 fully saturated rings. The van der Waals surface area contributed by atoms with Crippen molar-refractivity contribution in [3.8, 4) is 0 Å². The Labute approximate surface area is 116 Å². The third-order valence-electron chi connectivity index (χ3n) is 2.45. The predicted molar refractivity (Wildman–Crippen MR) is 73.7 cm³/mol. The normalized spacial score (nSPS) is 15.2. The van der Waals surface area contributed by atoms with Gasteiger partial charge < -0.3 is 13.6 Å². The van der Waals surface area contributed by atoms with Crippen molar-refractivity contribution in [3.63, 3.8) is 0 Å². The highest BCUT2D eigenvalue weighted by atomic mass is 32.2. The van der Waals surface area contributed by atoms with Crippen LogP contribution in [-0.4, -0.2) is 22.0 Å². The van der Waals surface area contributed by atoms with Crippen LogP contribution in [0.4, 0.5) is 0 Å². The highest BCUT2D eigenvalue weighted by Crippen LogP contribution is 2.62. The average molecular weight is 305 g/mol. The summed E-state index contributed by atoms with van der Waals surface area (Å²) in [5, 5.41) is 0. The molecule has 1 aromatic carbocycles. The molecule has 5 nitrogen and oxygen atoms in total. The summed E-state index contributed by atoms with van der Waals surface area (Å²) in [7, 11) is -3.74. The van der Waals surface area contributed by atoms with Gasteiger partial charge in [-0.1, -0.05) is 29.8 Å².